The highest BCUT2D eigenvalue weighted by atomic mass is 19.1. The molecule has 27 heavy (non-hydrogen) atoms. The predicted molar refractivity (Wildman–Crippen MR) is 88.6 cm³/mol. The first kappa shape index (κ1) is 18.3. The number of ether oxygens (including phenoxy) is 3. The molecule has 0 amide bonds. The van der Waals surface area contributed by atoms with Crippen LogP contribution in [0.15, 0.2) is 42.5 Å². The lowest BCUT2D eigenvalue weighted by molar-refractivity contribution is -0.385. The largest absolute Gasteiger partial charge is 0.496 e. The number of rotatable bonds is 5. The fraction of sp³-hybridized carbons (Fsp3) is 0.222. The van der Waals surface area contributed by atoms with E-state index < -0.39 is 46.1 Å². The minimum Gasteiger partial charge on any atom is -0.496 e. The van der Waals surface area contributed by atoms with Gasteiger partial charge in [-0.25, -0.2) is 4.39 Å². The Hall–Kier alpha value is -3.49. The van der Waals surface area contributed by atoms with E-state index >= 15 is 0 Å². The highest BCUT2D eigenvalue weighted by Crippen LogP contribution is 2.41. The number of nitro benzene ring substituents is 1. The van der Waals surface area contributed by atoms with Crippen LogP contribution < -0.4 is 9.47 Å². The third-order valence-electron chi connectivity index (χ3n) is 4.09. The third kappa shape index (κ3) is 3.71. The van der Waals surface area contributed by atoms with Crippen LogP contribution in [-0.4, -0.2) is 24.0 Å². The Balaban J connectivity index is 1.91. The van der Waals surface area contributed by atoms with E-state index in [-0.39, 0.29) is 6.42 Å². The molecular formula is C18H14FNO7. The van der Waals surface area contributed by atoms with Crippen molar-refractivity contribution >= 4 is 17.6 Å². The lowest BCUT2D eigenvalue weighted by Gasteiger charge is -2.19. The smallest absolute Gasteiger partial charge is 0.319 e. The number of nitrogens with zero attached hydrogens (tertiary/aromatic N) is 1. The Labute approximate surface area is 152 Å². The Bertz CT molecular complexity index is 914. The average Bonchev–Trinajstić information content (AvgIpc) is 3.03. The van der Waals surface area contributed by atoms with E-state index in [1.54, 1.807) is 24.3 Å². The predicted octanol–water partition coefficient (Wildman–Crippen LogP) is 2.95. The van der Waals surface area contributed by atoms with E-state index in [4.69, 9.17) is 14.2 Å². The van der Waals surface area contributed by atoms with Crippen molar-refractivity contribution in [2.24, 2.45) is 5.92 Å². The van der Waals surface area contributed by atoms with Crippen LogP contribution in [0, 0.1) is 21.8 Å². The Morgan fingerprint density at radius 3 is 2.70 bits per heavy atom. The van der Waals surface area contributed by atoms with Crippen molar-refractivity contribution in [3.8, 4) is 11.5 Å². The Kier molecular flexibility index (Phi) is 5.02. The summed E-state index contributed by atoms with van der Waals surface area (Å²) in [6, 6.07) is 9.19. The average molecular weight is 375 g/mol. The van der Waals surface area contributed by atoms with Gasteiger partial charge in [-0.15, -0.1) is 0 Å². The molecule has 1 heterocycles. The van der Waals surface area contributed by atoms with Gasteiger partial charge in [-0.2, -0.15) is 0 Å². The van der Waals surface area contributed by atoms with Crippen LogP contribution >= 0.6 is 0 Å². The maximum absolute atomic E-state index is 13.4. The van der Waals surface area contributed by atoms with Crippen LogP contribution in [0.25, 0.3) is 0 Å². The molecule has 1 aliphatic heterocycles. The molecule has 3 rings (SSSR count). The molecule has 2 unspecified atom stereocenters. The SMILES string of the molecule is COc1ccccc1C1OC(=O)CC1C(=O)Oc1cc(F)ccc1[N+](=O)[O-]. The molecular weight excluding hydrogens is 361 g/mol. The van der Waals surface area contributed by atoms with Crippen LogP contribution in [0.2, 0.25) is 0 Å². The first-order valence-electron chi connectivity index (χ1n) is 7.88. The van der Waals surface area contributed by atoms with Crippen molar-refractivity contribution in [1.82, 2.24) is 0 Å². The second-order valence-corrected chi connectivity index (χ2v) is 5.75. The summed E-state index contributed by atoms with van der Waals surface area (Å²) in [6.45, 7) is 0. The minimum atomic E-state index is -1.06. The zero-order chi connectivity index (χ0) is 19.6. The minimum absolute atomic E-state index is 0.273. The van der Waals surface area contributed by atoms with Crippen molar-refractivity contribution < 1.29 is 33.1 Å². The van der Waals surface area contributed by atoms with Gasteiger partial charge < -0.3 is 14.2 Å². The molecule has 1 fully saturated rings. The van der Waals surface area contributed by atoms with Crippen molar-refractivity contribution in [1.29, 1.82) is 0 Å². The van der Waals surface area contributed by atoms with E-state index in [1.807, 2.05) is 0 Å². The van der Waals surface area contributed by atoms with E-state index in [9.17, 15) is 24.1 Å². The molecule has 1 aliphatic rings. The van der Waals surface area contributed by atoms with E-state index in [1.165, 1.54) is 7.11 Å². The van der Waals surface area contributed by atoms with Gasteiger partial charge in [-0.1, -0.05) is 18.2 Å². The summed E-state index contributed by atoms with van der Waals surface area (Å²) in [5, 5.41) is 11.1. The summed E-state index contributed by atoms with van der Waals surface area (Å²) in [5.41, 5.74) is -0.106. The normalized spacial score (nSPS) is 18.7. The summed E-state index contributed by atoms with van der Waals surface area (Å²) in [7, 11) is 1.43. The summed E-state index contributed by atoms with van der Waals surface area (Å²) in [5.74, 6) is -3.55. The number of nitro groups is 1. The Morgan fingerprint density at radius 1 is 1.26 bits per heavy atom. The summed E-state index contributed by atoms with van der Waals surface area (Å²) in [6.07, 6.45) is -1.25. The number of para-hydroxylation sites is 1. The number of carbonyl (C=O) groups is 2. The van der Waals surface area contributed by atoms with Crippen molar-refractivity contribution in [3.63, 3.8) is 0 Å². The molecule has 0 saturated carbocycles. The third-order valence-corrected chi connectivity index (χ3v) is 4.09. The van der Waals surface area contributed by atoms with Gasteiger partial charge in [-0.3, -0.25) is 19.7 Å². The molecule has 8 nitrogen and oxygen atoms in total. The maximum atomic E-state index is 13.4. The summed E-state index contributed by atoms with van der Waals surface area (Å²) in [4.78, 5) is 34.6. The van der Waals surface area contributed by atoms with E-state index in [0.29, 0.717) is 11.3 Å². The molecule has 0 aliphatic carbocycles. The zero-order valence-electron chi connectivity index (χ0n) is 14.1. The highest BCUT2D eigenvalue weighted by molar-refractivity contribution is 5.85. The van der Waals surface area contributed by atoms with Crippen LogP contribution in [0.5, 0.6) is 11.5 Å². The molecule has 0 radical (unpaired) electrons. The lowest BCUT2D eigenvalue weighted by atomic mass is 9.94. The van der Waals surface area contributed by atoms with Gasteiger partial charge in [0.25, 0.3) is 0 Å². The van der Waals surface area contributed by atoms with Crippen molar-refractivity contribution in [3.05, 3.63) is 64.0 Å². The fourth-order valence-electron chi connectivity index (χ4n) is 2.85. The molecule has 0 spiro atoms. The summed E-state index contributed by atoms with van der Waals surface area (Å²) < 4.78 is 28.9. The molecule has 2 aromatic rings. The number of methoxy groups -OCH3 is 1. The van der Waals surface area contributed by atoms with Gasteiger partial charge in [0.1, 0.15) is 23.6 Å². The van der Waals surface area contributed by atoms with Crippen LogP contribution in [0.4, 0.5) is 10.1 Å². The first-order chi connectivity index (χ1) is 12.9. The monoisotopic (exact) mass is 375 g/mol. The van der Waals surface area contributed by atoms with Gasteiger partial charge in [0.2, 0.25) is 5.75 Å². The standard InChI is InChI=1S/C18H14FNO7/c1-25-14-5-3-2-4-11(14)17-12(9-16(21)27-17)18(22)26-15-8-10(19)6-7-13(15)20(23)24/h2-8,12,17H,9H2,1H3. The summed E-state index contributed by atoms with van der Waals surface area (Å²) >= 11 is 0. The maximum Gasteiger partial charge on any atom is 0.319 e. The second kappa shape index (κ2) is 7.40. The van der Waals surface area contributed by atoms with Crippen LogP contribution in [0.1, 0.15) is 18.1 Å². The number of hydrogen-bond donors (Lipinski definition) is 0. The molecule has 0 bridgehead atoms. The Morgan fingerprint density at radius 2 is 2.00 bits per heavy atom. The number of halogens is 1. The number of benzene rings is 2. The van der Waals surface area contributed by atoms with Gasteiger partial charge >= 0.3 is 17.6 Å². The number of hydrogen-bond acceptors (Lipinski definition) is 7. The molecule has 2 aromatic carbocycles. The molecule has 0 aromatic heterocycles. The fourth-order valence-corrected chi connectivity index (χ4v) is 2.85. The number of cyclic esters (lactones) is 1. The molecule has 2 atom stereocenters. The van der Waals surface area contributed by atoms with E-state index in [0.717, 1.165) is 18.2 Å². The van der Waals surface area contributed by atoms with Crippen LogP contribution in [0.3, 0.4) is 0 Å². The van der Waals surface area contributed by atoms with Gasteiger partial charge in [-0.05, 0) is 12.1 Å². The topological polar surface area (TPSA) is 105 Å². The van der Waals surface area contributed by atoms with Gasteiger partial charge in [0.15, 0.2) is 0 Å². The van der Waals surface area contributed by atoms with Crippen molar-refractivity contribution in [2.75, 3.05) is 7.11 Å². The molecule has 1 saturated heterocycles. The van der Waals surface area contributed by atoms with E-state index in [2.05, 4.69) is 0 Å². The number of esters is 2. The number of carbonyl (C=O) groups excluding carboxylic acids is 2. The molecule has 140 valence electrons. The van der Waals surface area contributed by atoms with Crippen LogP contribution in [-0.2, 0) is 14.3 Å². The zero-order valence-corrected chi connectivity index (χ0v) is 14.1. The second-order valence-electron chi connectivity index (χ2n) is 5.75. The molecule has 0 N–H and O–H groups in total. The molecule has 9 heteroatoms. The first-order valence-corrected chi connectivity index (χ1v) is 7.88. The highest BCUT2D eigenvalue weighted by Gasteiger charge is 2.43. The lowest BCUT2D eigenvalue weighted by Crippen LogP contribution is -2.24. The van der Waals surface area contributed by atoms with Gasteiger partial charge in [0.05, 0.1) is 18.5 Å². The van der Waals surface area contributed by atoms with Crippen molar-refractivity contribution in [2.45, 2.75) is 12.5 Å². The van der Waals surface area contributed by atoms with Gasteiger partial charge in [0, 0.05) is 17.7 Å². The quantitative estimate of drug-likeness (QED) is 0.342.